The maximum absolute atomic E-state index is 12.8. The molecule has 0 radical (unpaired) electrons. The number of carbonyl (C=O) groups is 2. The molecule has 32 heavy (non-hydrogen) atoms. The van der Waals surface area contributed by atoms with E-state index in [1.165, 1.54) is 0 Å². The Balaban J connectivity index is 1.65. The summed E-state index contributed by atoms with van der Waals surface area (Å²) in [7, 11) is 0. The van der Waals surface area contributed by atoms with Crippen molar-refractivity contribution in [3.8, 4) is 11.4 Å². The van der Waals surface area contributed by atoms with Crippen molar-refractivity contribution < 1.29 is 19.1 Å². The van der Waals surface area contributed by atoms with Crippen LogP contribution in [-0.4, -0.2) is 38.9 Å². The minimum absolute atomic E-state index is 0.287. The molecule has 4 rings (SSSR count). The zero-order valence-electron chi connectivity index (χ0n) is 17.9. The molecular weight excluding hydrogens is 410 g/mol. The molecule has 2 aromatic carbocycles. The van der Waals surface area contributed by atoms with Gasteiger partial charge >= 0.3 is 12.1 Å². The van der Waals surface area contributed by atoms with Crippen LogP contribution in [0, 0.1) is 0 Å². The fourth-order valence-electron chi connectivity index (χ4n) is 4.01. The van der Waals surface area contributed by atoms with Crippen LogP contribution in [0.2, 0.25) is 0 Å². The van der Waals surface area contributed by atoms with Crippen LogP contribution < -0.4 is 10.1 Å². The Kier molecular flexibility index (Phi) is 6.44. The van der Waals surface area contributed by atoms with Crippen molar-refractivity contribution in [2.24, 2.45) is 0 Å². The van der Waals surface area contributed by atoms with Gasteiger partial charge in [0.2, 0.25) is 0 Å². The molecule has 1 aliphatic rings. The number of tetrazole rings is 1. The van der Waals surface area contributed by atoms with Gasteiger partial charge < -0.3 is 14.8 Å². The average molecular weight is 435 g/mol. The second-order valence-electron chi connectivity index (χ2n) is 7.66. The van der Waals surface area contributed by atoms with E-state index in [1.54, 1.807) is 60.1 Å². The molecule has 0 aliphatic heterocycles. The summed E-state index contributed by atoms with van der Waals surface area (Å²) in [6.07, 6.45) is 3.69. The van der Waals surface area contributed by atoms with Gasteiger partial charge in [-0.3, -0.25) is 0 Å². The predicted octanol–water partition coefficient (Wildman–Crippen LogP) is 3.79. The number of ether oxygens (including phenoxy) is 2. The molecule has 9 nitrogen and oxygen atoms in total. The smallest absolute Gasteiger partial charge is 0.413 e. The molecule has 1 amide bonds. The zero-order chi connectivity index (χ0) is 22.4. The number of rotatable bonds is 6. The molecule has 0 spiro atoms. The number of hydrogen-bond donors (Lipinski definition) is 1. The first-order valence-electron chi connectivity index (χ1n) is 10.7. The number of para-hydroxylation sites is 1. The first kappa shape index (κ1) is 21.5. The second-order valence-corrected chi connectivity index (χ2v) is 7.66. The highest BCUT2D eigenvalue weighted by molar-refractivity contribution is 5.90. The number of nitrogens with zero attached hydrogens (tertiary/aromatic N) is 4. The van der Waals surface area contributed by atoms with E-state index in [0.29, 0.717) is 35.7 Å². The highest BCUT2D eigenvalue weighted by Crippen LogP contribution is 2.37. The normalized spacial score (nSPS) is 15.0. The summed E-state index contributed by atoms with van der Waals surface area (Å²) in [5.74, 6) is 0.543. The Labute approximate surface area is 185 Å². The molecule has 1 saturated carbocycles. The van der Waals surface area contributed by atoms with Gasteiger partial charge in [0.15, 0.2) is 5.82 Å². The molecule has 1 heterocycles. The van der Waals surface area contributed by atoms with Gasteiger partial charge in [-0.15, -0.1) is 5.10 Å². The molecular formula is C23H25N5O4. The van der Waals surface area contributed by atoms with Crippen LogP contribution in [0.25, 0.3) is 5.69 Å². The van der Waals surface area contributed by atoms with E-state index < -0.39 is 17.6 Å². The molecule has 1 aromatic heterocycles. The van der Waals surface area contributed by atoms with Gasteiger partial charge in [-0.1, -0.05) is 43.5 Å². The predicted molar refractivity (Wildman–Crippen MR) is 115 cm³/mol. The van der Waals surface area contributed by atoms with Crippen molar-refractivity contribution >= 4 is 12.1 Å². The lowest BCUT2D eigenvalue weighted by molar-refractivity contribution is 0.0526. The highest BCUT2D eigenvalue weighted by atomic mass is 16.6. The number of amides is 1. The highest BCUT2D eigenvalue weighted by Gasteiger charge is 2.41. The van der Waals surface area contributed by atoms with Gasteiger partial charge in [-0.2, -0.15) is 4.68 Å². The lowest BCUT2D eigenvalue weighted by Crippen LogP contribution is -2.50. The summed E-state index contributed by atoms with van der Waals surface area (Å²) in [4.78, 5) is 25.0. The molecule has 9 heteroatoms. The molecule has 0 bridgehead atoms. The fraction of sp³-hybridized carbons (Fsp3) is 0.348. The van der Waals surface area contributed by atoms with Gasteiger partial charge in [-0.05, 0) is 60.5 Å². The van der Waals surface area contributed by atoms with Crippen LogP contribution in [0.15, 0.2) is 54.6 Å². The van der Waals surface area contributed by atoms with E-state index in [2.05, 4.69) is 20.8 Å². The molecule has 0 saturated heterocycles. The zero-order valence-corrected chi connectivity index (χ0v) is 17.9. The van der Waals surface area contributed by atoms with E-state index in [-0.39, 0.29) is 6.61 Å². The molecule has 1 fully saturated rings. The Hall–Kier alpha value is -3.75. The second kappa shape index (κ2) is 9.59. The molecule has 0 unspecified atom stereocenters. The van der Waals surface area contributed by atoms with E-state index in [4.69, 9.17) is 9.47 Å². The lowest BCUT2D eigenvalue weighted by atomic mass is 9.81. The van der Waals surface area contributed by atoms with Crippen LogP contribution in [0.5, 0.6) is 5.75 Å². The van der Waals surface area contributed by atoms with Gasteiger partial charge in [-0.25, -0.2) is 9.59 Å². The summed E-state index contributed by atoms with van der Waals surface area (Å²) in [5, 5.41) is 15.3. The molecule has 1 N–H and O–H groups in total. The van der Waals surface area contributed by atoms with Gasteiger partial charge in [0.25, 0.3) is 0 Å². The molecule has 0 atom stereocenters. The lowest BCUT2D eigenvalue weighted by Gasteiger charge is -2.36. The van der Waals surface area contributed by atoms with Crippen LogP contribution in [-0.2, 0) is 10.3 Å². The third kappa shape index (κ3) is 4.61. The Morgan fingerprint density at radius 2 is 1.84 bits per heavy atom. The van der Waals surface area contributed by atoms with Crippen molar-refractivity contribution in [2.45, 2.75) is 44.6 Å². The quantitative estimate of drug-likeness (QED) is 0.587. The topological polar surface area (TPSA) is 108 Å². The van der Waals surface area contributed by atoms with E-state index in [9.17, 15) is 9.59 Å². The van der Waals surface area contributed by atoms with E-state index in [1.807, 2.05) is 6.07 Å². The number of nitrogens with one attached hydrogen (secondary N) is 1. The minimum atomic E-state index is -0.784. The van der Waals surface area contributed by atoms with Crippen LogP contribution >= 0.6 is 0 Å². The number of esters is 1. The van der Waals surface area contributed by atoms with Crippen molar-refractivity contribution in [1.29, 1.82) is 0 Å². The van der Waals surface area contributed by atoms with E-state index >= 15 is 0 Å². The summed E-state index contributed by atoms with van der Waals surface area (Å²) < 4.78 is 12.1. The first-order valence-corrected chi connectivity index (χ1v) is 10.7. The summed E-state index contributed by atoms with van der Waals surface area (Å²) >= 11 is 0. The first-order chi connectivity index (χ1) is 15.6. The summed E-state index contributed by atoms with van der Waals surface area (Å²) in [5.41, 5.74) is 0.228. The Morgan fingerprint density at radius 3 is 2.59 bits per heavy atom. The third-order valence-corrected chi connectivity index (χ3v) is 5.50. The van der Waals surface area contributed by atoms with Crippen LogP contribution in [0.1, 0.15) is 55.2 Å². The maximum atomic E-state index is 12.8. The standard InChI is InChI=1S/C23H25N5O4/c1-2-31-20(29)17-10-9-11-18(16-17)28-21(25-26-27-28)23(14-7-4-8-15-23)24-22(30)32-19-12-5-3-6-13-19/h3,5-6,9-13,16H,2,4,7-8,14-15H2,1H3,(H,24,30). The summed E-state index contributed by atoms with van der Waals surface area (Å²) in [6.45, 7) is 2.05. The van der Waals surface area contributed by atoms with Crippen molar-refractivity contribution in [2.75, 3.05) is 6.61 Å². The number of carbonyl (C=O) groups excluding carboxylic acids is 2. The van der Waals surface area contributed by atoms with Crippen molar-refractivity contribution in [3.63, 3.8) is 0 Å². The third-order valence-electron chi connectivity index (χ3n) is 5.50. The monoisotopic (exact) mass is 435 g/mol. The Morgan fingerprint density at radius 1 is 1.06 bits per heavy atom. The average Bonchev–Trinajstić information content (AvgIpc) is 3.31. The largest absolute Gasteiger partial charge is 0.462 e. The van der Waals surface area contributed by atoms with Crippen molar-refractivity contribution in [3.05, 3.63) is 66.0 Å². The Bertz CT molecular complexity index is 1080. The van der Waals surface area contributed by atoms with Crippen LogP contribution in [0.4, 0.5) is 4.79 Å². The number of aromatic nitrogens is 4. The van der Waals surface area contributed by atoms with Crippen LogP contribution in [0.3, 0.4) is 0 Å². The number of benzene rings is 2. The molecule has 1 aliphatic carbocycles. The molecule has 166 valence electrons. The molecule has 3 aromatic rings. The maximum Gasteiger partial charge on any atom is 0.413 e. The summed E-state index contributed by atoms with van der Waals surface area (Å²) in [6, 6.07) is 15.8. The fourth-order valence-corrected chi connectivity index (χ4v) is 4.01. The van der Waals surface area contributed by atoms with Gasteiger partial charge in [0, 0.05) is 0 Å². The van der Waals surface area contributed by atoms with Crippen molar-refractivity contribution in [1.82, 2.24) is 25.5 Å². The van der Waals surface area contributed by atoms with Gasteiger partial charge in [0.1, 0.15) is 11.3 Å². The SMILES string of the molecule is CCOC(=O)c1cccc(-n2nnnc2C2(NC(=O)Oc3ccccc3)CCCCC2)c1. The number of hydrogen-bond acceptors (Lipinski definition) is 7. The van der Waals surface area contributed by atoms with E-state index in [0.717, 1.165) is 19.3 Å². The minimum Gasteiger partial charge on any atom is -0.462 e. The van der Waals surface area contributed by atoms with Gasteiger partial charge in [0.05, 0.1) is 17.9 Å².